The zero-order chi connectivity index (χ0) is 86.0. The summed E-state index contributed by atoms with van der Waals surface area (Å²) in [4.78, 5) is 73.7. The van der Waals surface area contributed by atoms with E-state index in [4.69, 9.17) is 56.6 Å². The van der Waals surface area contributed by atoms with Gasteiger partial charge in [-0.25, -0.2) is 0 Å². The first-order valence-electron chi connectivity index (χ1n) is 44.4. The van der Waals surface area contributed by atoms with Gasteiger partial charge in [0.25, 0.3) is 0 Å². The molecule has 4 aromatic carbocycles. The number of benzene rings is 4. The highest BCUT2D eigenvalue weighted by molar-refractivity contribution is 6.66. The van der Waals surface area contributed by atoms with Gasteiger partial charge in [-0.1, -0.05) is 205 Å². The molecule has 0 aliphatic heterocycles. The Morgan fingerprint density at radius 1 is 0.325 bits per heavy atom. The maximum Gasteiger partial charge on any atom is 0.334 e. The molecular formula is C95H148N4O16Si2. The van der Waals surface area contributed by atoms with Crippen LogP contribution in [0.25, 0.3) is 0 Å². The number of aliphatic imine (C=N–C) groups is 4. The lowest BCUT2D eigenvalue weighted by Gasteiger charge is -2.26. The highest BCUT2D eigenvalue weighted by Crippen LogP contribution is 2.42. The van der Waals surface area contributed by atoms with Crippen LogP contribution in [0.15, 0.2) is 68.5 Å². The van der Waals surface area contributed by atoms with Gasteiger partial charge in [0.15, 0.2) is 0 Å². The molecule has 4 atom stereocenters. The van der Waals surface area contributed by atoms with E-state index in [0.717, 1.165) is 128 Å². The van der Waals surface area contributed by atoms with Gasteiger partial charge >= 0.3 is 41.0 Å². The van der Waals surface area contributed by atoms with Crippen LogP contribution < -0.4 is 18.9 Å². The number of aromatic hydroxyl groups is 4. The van der Waals surface area contributed by atoms with Gasteiger partial charge in [0.2, 0.25) is 0 Å². The van der Waals surface area contributed by atoms with Crippen LogP contribution in [0.5, 0.6) is 46.0 Å². The van der Waals surface area contributed by atoms with Crippen molar-refractivity contribution in [3.63, 3.8) is 0 Å². The van der Waals surface area contributed by atoms with Crippen LogP contribution in [-0.4, -0.2) is 137 Å². The minimum Gasteiger partial charge on any atom is -0.507 e. The van der Waals surface area contributed by atoms with Crippen molar-refractivity contribution in [1.82, 2.24) is 0 Å². The van der Waals surface area contributed by atoms with Crippen molar-refractivity contribution < 1.29 is 76.3 Å². The highest BCUT2D eigenvalue weighted by Gasteiger charge is 2.34. The molecule has 4 aromatic rings. The normalized spacial score (nSPS) is 16.8. The van der Waals surface area contributed by atoms with Crippen molar-refractivity contribution in [2.45, 2.75) is 381 Å². The third kappa shape index (κ3) is 34.2. The summed E-state index contributed by atoms with van der Waals surface area (Å²) >= 11 is 0. The van der Waals surface area contributed by atoms with Crippen molar-refractivity contribution in [2.24, 2.45) is 20.0 Å². The van der Waals surface area contributed by atoms with Gasteiger partial charge in [-0.2, -0.15) is 0 Å². The van der Waals surface area contributed by atoms with Gasteiger partial charge in [-0.15, -0.1) is 0 Å². The number of carbonyl (C=O) groups excluding carboxylic acids is 4. The van der Waals surface area contributed by atoms with Crippen LogP contribution >= 0.6 is 0 Å². The molecule has 6 rings (SSSR count). The fourth-order valence-electron chi connectivity index (χ4n) is 15.6. The van der Waals surface area contributed by atoms with Crippen LogP contribution in [0.3, 0.4) is 0 Å². The predicted molar refractivity (Wildman–Crippen MR) is 478 cm³/mol. The summed E-state index contributed by atoms with van der Waals surface area (Å²) in [5.74, 6) is -0.0395. The minimum atomic E-state index is -2.06. The quantitative estimate of drug-likeness (QED) is 0.0105. The first kappa shape index (κ1) is 98.7. The molecule has 20 nitrogen and oxygen atoms in total. The van der Waals surface area contributed by atoms with Crippen molar-refractivity contribution in [2.75, 3.05) is 26.4 Å². The standard InChI is InChI=1S/C95H148N4O16Si2/c1-19-108-116(17,109-20-2)54-44-33-29-25-23-27-31-36-50-84(100)112-72-56-68(88(104)76(60-72)92(5,6)7)64-96-80-46-40-42-48-82(80)98-66-70-58-74(62-78(90(70)106)94(11,12)13)114-86(102)52-38-35-39-53-87(103)115-75-59-71(91(107)79(63-75)95(14,15)16)67-99-83-49-43-41-47-81(83)97-65-69-57-73(61-77(89(69)105)93(8,9)10)113-85(101)51-37-32-28-24-26-30-34-45-55-117(18,110-21-3)111-22-4/h56-67,80-83,104-107H,19-55H2,1-18H3/t80-,81-,82-,83-/m1/s1. The predicted octanol–water partition coefficient (Wildman–Crippen LogP) is 23.0. The monoisotopic (exact) mass is 1660 g/mol. The molecule has 0 heterocycles. The summed E-state index contributed by atoms with van der Waals surface area (Å²) in [6.45, 7) is 39.1. The number of ether oxygens (including phenoxy) is 4. The third-order valence-corrected chi connectivity index (χ3v) is 28.3. The highest BCUT2D eigenvalue weighted by atomic mass is 28.4. The second kappa shape index (κ2) is 48.4. The molecule has 4 N–H and O–H groups in total. The Kier molecular flexibility index (Phi) is 40.8. The SMILES string of the molecule is CCO[Si](C)(CCCCCCCCCCC(=O)Oc1cc(C=N[C@@H]2CCCC[C@H]2N=Cc2cc(OC(=O)CCCCCC(=O)Oc3cc(C=N[C@@H]4CCCC[C@H]4N=Cc4cc(OC(=O)CCCCCCCCCC[Si](C)(OCC)OCC)cc(C(C)(C)C)c4O)c(O)c(C(C)(C)C)c3)cc(C(C)(C)C)c2O)c(O)c(C(C)(C)C)c1)OCC. The fourth-order valence-corrected chi connectivity index (χ4v) is 20.6. The first-order valence-corrected chi connectivity index (χ1v) is 49.5. The van der Waals surface area contributed by atoms with E-state index < -0.39 is 50.7 Å². The topological polar surface area (TPSA) is 272 Å². The number of hydrogen-bond donors (Lipinski definition) is 4. The summed E-state index contributed by atoms with van der Waals surface area (Å²) in [6.07, 6.45) is 32.6. The molecular weight excluding hydrogens is 1510 g/mol. The molecule has 0 unspecified atom stereocenters. The van der Waals surface area contributed by atoms with E-state index in [1.807, 2.05) is 111 Å². The van der Waals surface area contributed by atoms with E-state index in [0.29, 0.717) is 115 Å². The van der Waals surface area contributed by atoms with Crippen LogP contribution in [0.2, 0.25) is 25.2 Å². The number of phenolic OH excluding ortho intramolecular Hbond substituents is 4. The molecule has 0 spiro atoms. The molecule has 0 saturated heterocycles. The Morgan fingerprint density at radius 2 is 0.513 bits per heavy atom. The van der Waals surface area contributed by atoms with E-state index in [2.05, 4.69) is 13.1 Å². The molecule has 652 valence electrons. The van der Waals surface area contributed by atoms with Gasteiger partial charge in [0.1, 0.15) is 46.0 Å². The van der Waals surface area contributed by atoms with Crippen molar-refractivity contribution in [3.05, 3.63) is 93.0 Å². The number of rotatable bonds is 48. The lowest BCUT2D eigenvalue weighted by Crippen LogP contribution is -2.38. The van der Waals surface area contributed by atoms with Crippen LogP contribution in [0.1, 0.15) is 354 Å². The fraction of sp³-hybridized carbons (Fsp3) is 0.663. The van der Waals surface area contributed by atoms with E-state index >= 15 is 0 Å². The van der Waals surface area contributed by atoms with E-state index in [1.165, 1.54) is 38.5 Å². The molecule has 2 fully saturated rings. The molecule has 117 heavy (non-hydrogen) atoms. The summed E-state index contributed by atoms with van der Waals surface area (Å²) in [6, 6.07) is 14.5. The molecule has 22 heteroatoms. The Hall–Kier alpha value is -7.09. The summed E-state index contributed by atoms with van der Waals surface area (Å²) in [5.41, 5.74) is 2.15. The third-order valence-electron chi connectivity index (χ3n) is 22.2. The summed E-state index contributed by atoms with van der Waals surface area (Å²) < 4.78 is 47.8. The number of hydrogen-bond acceptors (Lipinski definition) is 20. The maximum absolute atomic E-state index is 13.6. The van der Waals surface area contributed by atoms with Crippen LogP contribution in [0.4, 0.5) is 0 Å². The second-order valence-corrected chi connectivity index (χ2v) is 43.4. The lowest BCUT2D eigenvalue weighted by atomic mass is 9.85. The van der Waals surface area contributed by atoms with Crippen molar-refractivity contribution >= 4 is 65.9 Å². The molecule has 0 amide bonds. The average molecular weight is 1660 g/mol. The summed E-state index contributed by atoms with van der Waals surface area (Å²) in [7, 11) is -4.13. The second-order valence-electron chi connectivity index (χ2n) is 36.7. The molecule has 0 radical (unpaired) electrons. The Morgan fingerprint density at radius 3 is 0.709 bits per heavy atom. The molecule has 2 aliphatic rings. The van der Waals surface area contributed by atoms with E-state index in [1.54, 1.807) is 73.4 Å². The van der Waals surface area contributed by atoms with Gasteiger partial charge in [-0.3, -0.25) is 39.1 Å². The number of unbranched alkanes of at least 4 members (excludes halogenated alkanes) is 16. The number of nitrogens with zero attached hydrogens (tertiary/aromatic N) is 4. The van der Waals surface area contributed by atoms with E-state index in [9.17, 15) is 39.6 Å². The Labute approximate surface area is 704 Å². The summed E-state index contributed by atoms with van der Waals surface area (Å²) in [5, 5.41) is 46.8. The van der Waals surface area contributed by atoms with Crippen LogP contribution in [-0.2, 0) is 58.5 Å². The number of carbonyl (C=O) groups is 4. The zero-order valence-corrected chi connectivity index (χ0v) is 76.9. The smallest absolute Gasteiger partial charge is 0.334 e. The average Bonchev–Trinajstić information content (AvgIpc) is 0.812. The lowest BCUT2D eigenvalue weighted by molar-refractivity contribution is -0.135. The largest absolute Gasteiger partial charge is 0.507 e. The maximum atomic E-state index is 13.6. The van der Waals surface area contributed by atoms with Crippen LogP contribution in [0, 0.1) is 0 Å². The first-order chi connectivity index (χ1) is 55.4. The number of phenols is 4. The van der Waals surface area contributed by atoms with Gasteiger partial charge in [-0.05, 0) is 174 Å². The van der Waals surface area contributed by atoms with Gasteiger partial charge in [0.05, 0.1) is 24.2 Å². The number of esters is 4. The Bertz CT molecular complexity index is 3640. The van der Waals surface area contributed by atoms with Gasteiger partial charge < -0.3 is 57.1 Å². The molecule has 0 bridgehead atoms. The molecule has 0 aromatic heterocycles. The minimum absolute atomic E-state index is 0.0366. The van der Waals surface area contributed by atoms with E-state index in [-0.39, 0.29) is 83.4 Å². The van der Waals surface area contributed by atoms with Crippen molar-refractivity contribution in [3.8, 4) is 46.0 Å². The zero-order valence-electron chi connectivity index (χ0n) is 74.9. The molecule has 2 aliphatic carbocycles. The molecule has 2 saturated carbocycles. The Balaban J connectivity index is 1.01. The van der Waals surface area contributed by atoms with Crippen molar-refractivity contribution in [1.29, 1.82) is 0 Å². The van der Waals surface area contributed by atoms with Gasteiger partial charge in [0, 0.05) is 121 Å².